The van der Waals surface area contributed by atoms with Crippen molar-refractivity contribution in [3.8, 4) is 0 Å². The van der Waals surface area contributed by atoms with Gasteiger partial charge in [-0.1, -0.05) is 29.8 Å². The van der Waals surface area contributed by atoms with Gasteiger partial charge in [0.2, 0.25) is 0 Å². The maximum Gasteiger partial charge on any atom is 0.272 e. The molecule has 0 aliphatic carbocycles. The van der Waals surface area contributed by atoms with Crippen LogP contribution in [0.2, 0.25) is 0 Å². The van der Waals surface area contributed by atoms with Crippen molar-refractivity contribution in [3.63, 3.8) is 0 Å². The van der Waals surface area contributed by atoms with Gasteiger partial charge in [-0.3, -0.25) is 9.59 Å². The maximum atomic E-state index is 12.9. The minimum absolute atomic E-state index is 0.0719. The minimum Gasteiger partial charge on any atom is -0.465 e. The average Bonchev–Trinajstić information content (AvgIpc) is 3.21. The van der Waals surface area contributed by atoms with Crippen molar-refractivity contribution in [2.45, 2.75) is 13.5 Å². The molecule has 0 fully saturated rings. The predicted molar refractivity (Wildman–Crippen MR) is 111 cm³/mol. The number of methoxy groups -OCH3 is 1. The Balaban J connectivity index is 1.81. The quantitative estimate of drug-likeness (QED) is 0.594. The van der Waals surface area contributed by atoms with Crippen molar-refractivity contribution >= 4 is 23.6 Å². The fraction of sp³-hybridized carbons (Fsp3) is 0.130. The molecule has 3 rings (SSSR count). The van der Waals surface area contributed by atoms with Crippen molar-refractivity contribution in [2.24, 2.45) is 0 Å². The number of ether oxygens (including phenoxy) is 1. The molecule has 1 heterocycles. The summed E-state index contributed by atoms with van der Waals surface area (Å²) in [5.41, 5.74) is 3.09. The number of hydrogen-bond acceptors (Lipinski definition) is 4. The van der Waals surface area contributed by atoms with Crippen LogP contribution < -0.4 is 10.6 Å². The van der Waals surface area contributed by atoms with Crippen LogP contribution in [0.3, 0.4) is 0 Å². The van der Waals surface area contributed by atoms with Crippen molar-refractivity contribution in [1.82, 2.24) is 5.32 Å². The summed E-state index contributed by atoms with van der Waals surface area (Å²) in [5, 5.41) is 5.48. The Morgan fingerprint density at radius 1 is 1.07 bits per heavy atom. The standard InChI is InChI=1S/C23H22N2O4/c1-16-8-10-18(11-9-16)22(26)25-21(14-20-7-4-12-29-20)23(27)24-19-6-3-5-17(13-19)15-28-2/h3-14H,15H2,1-2H3,(H,24,27)(H,25,26)/b21-14-. The molecule has 0 radical (unpaired) electrons. The largest absolute Gasteiger partial charge is 0.465 e. The van der Waals surface area contributed by atoms with Crippen LogP contribution in [0.5, 0.6) is 0 Å². The van der Waals surface area contributed by atoms with Gasteiger partial charge in [-0.05, 0) is 48.9 Å². The monoisotopic (exact) mass is 390 g/mol. The fourth-order valence-electron chi connectivity index (χ4n) is 2.68. The van der Waals surface area contributed by atoms with Gasteiger partial charge in [0.25, 0.3) is 11.8 Å². The number of anilines is 1. The van der Waals surface area contributed by atoms with E-state index in [0.29, 0.717) is 23.6 Å². The van der Waals surface area contributed by atoms with Crippen LogP contribution in [-0.2, 0) is 16.1 Å². The van der Waals surface area contributed by atoms with Crippen molar-refractivity contribution in [1.29, 1.82) is 0 Å². The predicted octanol–water partition coefficient (Wildman–Crippen LogP) is 4.14. The van der Waals surface area contributed by atoms with E-state index in [1.165, 1.54) is 12.3 Å². The Kier molecular flexibility index (Phi) is 6.60. The maximum absolute atomic E-state index is 12.9. The Hall–Kier alpha value is -3.64. The number of rotatable bonds is 7. The lowest BCUT2D eigenvalue weighted by Gasteiger charge is -2.12. The first kappa shape index (κ1) is 20.1. The molecule has 0 aliphatic rings. The molecule has 6 heteroatoms. The summed E-state index contributed by atoms with van der Waals surface area (Å²) in [4.78, 5) is 25.5. The molecule has 0 spiro atoms. The number of furan rings is 1. The van der Waals surface area contributed by atoms with Gasteiger partial charge >= 0.3 is 0 Å². The average molecular weight is 390 g/mol. The zero-order valence-electron chi connectivity index (χ0n) is 16.3. The molecule has 2 N–H and O–H groups in total. The highest BCUT2D eigenvalue weighted by atomic mass is 16.5. The zero-order valence-corrected chi connectivity index (χ0v) is 16.3. The van der Waals surface area contributed by atoms with E-state index in [9.17, 15) is 9.59 Å². The first-order chi connectivity index (χ1) is 14.0. The van der Waals surface area contributed by atoms with Crippen LogP contribution in [0.1, 0.15) is 27.2 Å². The van der Waals surface area contributed by atoms with Crippen molar-refractivity contribution in [3.05, 3.63) is 95.1 Å². The Labute approximate surface area is 169 Å². The van der Waals surface area contributed by atoms with Gasteiger partial charge in [0, 0.05) is 24.4 Å². The van der Waals surface area contributed by atoms with Crippen LogP contribution in [0, 0.1) is 6.92 Å². The number of nitrogens with one attached hydrogen (secondary N) is 2. The van der Waals surface area contributed by atoms with E-state index in [-0.39, 0.29) is 11.6 Å². The number of aryl methyl sites for hydroxylation is 1. The number of amides is 2. The summed E-state index contributed by atoms with van der Waals surface area (Å²) >= 11 is 0. The summed E-state index contributed by atoms with van der Waals surface area (Å²) in [6.07, 6.45) is 2.98. The molecule has 0 bridgehead atoms. The molecule has 29 heavy (non-hydrogen) atoms. The molecule has 0 aliphatic heterocycles. The zero-order chi connectivity index (χ0) is 20.6. The van der Waals surface area contributed by atoms with Crippen LogP contribution in [-0.4, -0.2) is 18.9 Å². The molecule has 2 aromatic carbocycles. The topological polar surface area (TPSA) is 80.6 Å². The first-order valence-electron chi connectivity index (χ1n) is 9.07. The molecule has 0 unspecified atom stereocenters. The second-order valence-corrected chi connectivity index (χ2v) is 6.48. The minimum atomic E-state index is -0.462. The van der Waals surface area contributed by atoms with E-state index in [2.05, 4.69) is 10.6 Å². The highest BCUT2D eigenvalue weighted by Crippen LogP contribution is 2.14. The molecular formula is C23H22N2O4. The van der Waals surface area contributed by atoms with Gasteiger partial charge < -0.3 is 19.8 Å². The second kappa shape index (κ2) is 9.52. The van der Waals surface area contributed by atoms with Gasteiger partial charge in [0.15, 0.2) is 0 Å². The van der Waals surface area contributed by atoms with E-state index in [1.807, 2.05) is 37.3 Å². The van der Waals surface area contributed by atoms with Gasteiger partial charge in [0.05, 0.1) is 12.9 Å². The number of carbonyl (C=O) groups excluding carboxylic acids is 2. The third-order valence-electron chi connectivity index (χ3n) is 4.13. The smallest absolute Gasteiger partial charge is 0.272 e. The van der Waals surface area contributed by atoms with Crippen molar-refractivity contribution in [2.75, 3.05) is 12.4 Å². The molecule has 6 nitrogen and oxygen atoms in total. The van der Waals surface area contributed by atoms with Gasteiger partial charge in [-0.25, -0.2) is 0 Å². The molecule has 3 aromatic rings. The summed E-state index contributed by atoms with van der Waals surface area (Å²) in [6.45, 7) is 2.37. The Morgan fingerprint density at radius 3 is 2.55 bits per heavy atom. The second-order valence-electron chi connectivity index (χ2n) is 6.48. The van der Waals surface area contributed by atoms with Crippen LogP contribution in [0.4, 0.5) is 5.69 Å². The molecule has 1 aromatic heterocycles. The SMILES string of the molecule is COCc1cccc(NC(=O)/C(=C/c2ccco2)NC(=O)c2ccc(C)cc2)c1. The third kappa shape index (κ3) is 5.67. The Morgan fingerprint density at radius 2 is 1.86 bits per heavy atom. The van der Waals surface area contributed by atoms with Gasteiger partial charge in [0.1, 0.15) is 11.5 Å². The number of carbonyl (C=O) groups is 2. The molecule has 0 saturated heterocycles. The third-order valence-corrected chi connectivity index (χ3v) is 4.13. The van der Waals surface area contributed by atoms with Crippen LogP contribution in [0.25, 0.3) is 6.08 Å². The summed E-state index contributed by atoms with van der Waals surface area (Å²) in [6, 6.07) is 17.8. The molecule has 2 amide bonds. The van der Waals surface area contributed by atoms with E-state index in [4.69, 9.17) is 9.15 Å². The molecule has 0 atom stereocenters. The normalized spacial score (nSPS) is 11.2. The van der Waals surface area contributed by atoms with E-state index < -0.39 is 5.91 Å². The lowest BCUT2D eigenvalue weighted by Crippen LogP contribution is -2.30. The number of hydrogen-bond donors (Lipinski definition) is 2. The molecule has 148 valence electrons. The van der Waals surface area contributed by atoms with E-state index in [1.54, 1.807) is 37.4 Å². The molecular weight excluding hydrogens is 368 g/mol. The number of benzene rings is 2. The lowest BCUT2D eigenvalue weighted by molar-refractivity contribution is -0.113. The van der Waals surface area contributed by atoms with E-state index >= 15 is 0 Å². The lowest BCUT2D eigenvalue weighted by atomic mass is 10.1. The summed E-state index contributed by atoms with van der Waals surface area (Å²) in [5.74, 6) is -0.394. The van der Waals surface area contributed by atoms with Gasteiger partial charge in [-0.2, -0.15) is 0 Å². The molecule has 0 saturated carbocycles. The van der Waals surface area contributed by atoms with Crippen molar-refractivity contribution < 1.29 is 18.7 Å². The summed E-state index contributed by atoms with van der Waals surface area (Å²) < 4.78 is 10.4. The van der Waals surface area contributed by atoms with E-state index in [0.717, 1.165) is 11.1 Å². The van der Waals surface area contributed by atoms with Crippen LogP contribution in [0.15, 0.2) is 77.0 Å². The Bertz CT molecular complexity index is 1010. The highest BCUT2D eigenvalue weighted by Gasteiger charge is 2.16. The van der Waals surface area contributed by atoms with Crippen LogP contribution >= 0.6 is 0 Å². The van der Waals surface area contributed by atoms with Gasteiger partial charge in [-0.15, -0.1) is 0 Å². The first-order valence-corrected chi connectivity index (χ1v) is 9.07. The summed E-state index contributed by atoms with van der Waals surface area (Å²) in [7, 11) is 1.61. The highest BCUT2D eigenvalue weighted by molar-refractivity contribution is 6.10. The fourth-order valence-corrected chi connectivity index (χ4v) is 2.68.